The van der Waals surface area contributed by atoms with Gasteiger partial charge in [0.2, 0.25) is 0 Å². The normalized spacial score (nSPS) is 26.1. The molecule has 0 saturated carbocycles. The average Bonchev–Trinajstić information content (AvgIpc) is 2.15. The van der Waals surface area contributed by atoms with Crippen molar-refractivity contribution in [2.45, 2.75) is 38.9 Å². The first-order valence-electron chi connectivity index (χ1n) is 5.50. The Hall–Kier alpha value is 0.137. The molecule has 1 aliphatic rings. The van der Waals surface area contributed by atoms with Gasteiger partial charge in [0, 0.05) is 13.2 Å². The van der Waals surface area contributed by atoms with Crippen molar-refractivity contribution in [3.63, 3.8) is 0 Å². The van der Waals surface area contributed by atoms with Crippen molar-refractivity contribution in [2.75, 3.05) is 26.2 Å². The molecule has 1 rings (SSSR count). The van der Waals surface area contributed by atoms with Crippen LogP contribution in [0.3, 0.4) is 0 Å². The van der Waals surface area contributed by atoms with Gasteiger partial charge in [-0.3, -0.25) is 0 Å². The maximum Gasteiger partial charge on any atom is 0.186 e. The van der Waals surface area contributed by atoms with Crippen LogP contribution in [0, 0.1) is 0 Å². The van der Waals surface area contributed by atoms with Crippen LogP contribution in [0.2, 0.25) is 19.1 Å². The van der Waals surface area contributed by atoms with Crippen LogP contribution in [-0.2, 0) is 4.43 Å². The summed E-state index contributed by atoms with van der Waals surface area (Å²) in [5.41, 5.74) is 0. The number of hydrogen-bond acceptors (Lipinski definition) is 2. The van der Waals surface area contributed by atoms with E-state index in [2.05, 4.69) is 24.9 Å². The van der Waals surface area contributed by atoms with Crippen LogP contribution in [-0.4, -0.2) is 39.5 Å². The van der Waals surface area contributed by atoms with Crippen molar-refractivity contribution < 1.29 is 4.43 Å². The molecule has 13 heavy (non-hydrogen) atoms. The Bertz CT molecular complexity index is 150. The molecule has 78 valence electrons. The van der Waals surface area contributed by atoms with Gasteiger partial charge >= 0.3 is 0 Å². The zero-order valence-electron chi connectivity index (χ0n) is 9.31. The maximum atomic E-state index is 5.98. The average molecular weight is 201 g/mol. The highest BCUT2D eigenvalue weighted by Crippen LogP contribution is 2.16. The predicted octanol–water partition coefficient (Wildman–Crippen LogP) is 2.32. The third-order valence-electron chi connectivity index (χ3n) is 2.85. The van der Waals surface area contributed by atoms with Crippen LogP contribution < -0.4 is 0 Å². The molecular weight excluding hydrogens is 178 g/mol. The van der Waals surface area contributed by atoms with Gasteiger partial charge in [-0.1, -0.05) is 13.3 Å². The first-order valence-corrected chi connectivity index (χ1v) is 8.62. The third kappa shape index (κ3) is 4.25. The van der Waals surface area contributed by atoms with Gasteiger partial charge in [-0.25, -0.2) is 0 Å². The second-order valence-electron chi connectivity index (χ2n) is 4.50. The molecule has 0 N–H and O–H groups in total. The van der Waals surface area contributed by atoms with Crippen LogP contribution in [0.5, 0.6) is 0 Å². The van der Waals surface area contributed by atoms with Gasteiger partial charge < -0.3 is 9.33 Å². The fourth-order valence-corrected chi connectivity index (χ4v) is 3.73. The van der Waals surface area contributed by atoms with E-state index in [0.717, 1.165) is 13.2 Å². The van der Waals surface area contributed by atoms with E-state index in [1.54, 1.807) is 0 Å². The van der Waals surface area contributed by atoms with Gasteiger partial charge in [0.05, 0.1) is 0 Å². The molecular formula is C10H23NOSi. The van der Waals surface area contributed by atoms with Crippen LogP contribution in [0.15, 0.2) is 0 Å². The standard InChI is InChI=1S/C10H23NOSi/c1-4-11-7-5-6-10-13(2,3)12-9-8-11/h4-10H2,1-3H3. The summed E-state index contributed by atoms with van der Waals surface area (Å²) in [7, 11) is -1.27. The summed E-state index contributed by atoms with van der Waals surface area (Å²) in [5, 5.41) is 0. The van der Waals surface area contributed by atoms with E-state index in [-0.39, 0.29) is 0 Å². The summed E-state index contributed by atoms with van der Waals surface area (Å²) >= 11 is 0. The van der Waals surface area contributed by atoms with Crippen molar-refractivity contribution >= 4 is 8.32 Å². The van der Waals surface area contributed by atoms with Crippen molar-refractivity contribution in [2.24, 2.45) is 0 Å². The molecule has 0 atom stereocenters. The summed E-state index contributed by atoms with van der Waals surface area (Å²) in [6, 6.07) is 1.34. The lowest BCUT2D eigenvalue weighted by Gasteiger charge is -2.22. The number of nitrogens with zero attached hydrogens (tertiary/aromatic N) is 1. The van der Waals surface area contributed by atoms with E-state index >= 15 is 0 Å². The number of rotatable bonds is 1. The maximum absolute atomic E-state index is 5.98. The third-order valence-corrected chi connectivity index (χ3v) is 5.39. The Morgan fingerprint density at radius 1 is 1.23 bits per heavy atom. The topological polar surface area (TPSA) is 12.5 Å². The second kappa shape index (κ2) is 5.13. The smallest absolute Gasteiger partial charge is 0.186 e. The molecule has 0 unspecified atom stereocenters. The minimum absolute atomic E-state index is 0.951. The van der Waals surface area contributed by atoms with Gasteiger partial charge in [-0.15, -0.1) is 0 Å². The first-order chi connectivity index (χ1) is 6.14. The summed E-state index contributed by atoms with van der Waals surface area (Å²) < 4.78 is 5.98. The summed E-state index contributed by atoms with van der Waals surface area (Å²) in [4.78, 5) is 2.50. The molecule has 0 amide bonds. The van der Waals surface area contributed by atoms with E-state index in [9.17, 15) is 0 Å². The molecule has 0 bridgehead atoms. The molecule has 0 aromatic carbocycles. The number of likely N-dealkylation sites (N-methyl/N-ethyl adjacent to an activating group) is 1. The Labute approximate surface area is 83.4 Å². The fraction of sp³-hybridized carbons (Fsp3) is 1.00. The zero-order chi connectivity index (χ0) is 9.73. The van der Waals surface area contributed by atoms with Crippen LogP contribution in [0.1, 0.15) is 19.8 Å². The quantitative estimate of drug-likeness (QED) is 0.604. The largest absolute Gasteiger partial charge is 0.416 e. The van der Waals surface area contributed by atoms with Gasteiger partial charge in [0.15, 0.2) is 8.32 Å². The SMILES string of the molecule is CCN1CCCC[Si](C)(C)OCC1. The highest BCUT2D eigenvalue weighted by Gasteiger charge is 2.23. The zero-order valence-corrected chi connectivity index (χ0v) is 10.3. The molecule has 0 aliphatic carbocycles. The molecule has 0 spiro atoms. The van der Waals surface area contributed by atoms with Crippen molar-refractivity contribution in [1.29, 1.82) is 0 Å². The Morgan fingerprint density at radius 2 is 2.00 bits per heavy atom. The van der Waals surface area contributed by atoms with Crippen molar-refractivity contribution in [3.8, 4) is 0 Å². The molecule has 1 heterocycles. The molecule has 2 nitrogen and oxygen atoms in total. The second-order valence-corrected chi connectivity index (χ2v) is 8.81. The minimum atomic E-state index is -1.27. The van der Waals surface area contributed by atoms with Crippen molar-refractivity contribution in [1.82, 2.24) is 4.90 Å². The summed E-state index contributed by atoms with van der Waals surface area (Å²) in [6.45, 7) is 11.4. The van der Waals surface area contributed by atoms with E-state index < -0.39 is 8.32 Å². The van der Waals surface area contributed by atoms with E-state index in [0.29, 0.717) is 0 Å². The monoisotopic (exact) mass is 201 g/mol. The lowest BCUT2D eigenvalue weighted by molar-refractivity contribution is 0.216. The highest BCUT2D eigenvalue weighted by molar-refractivity contribution is 6.71. The number of hydrogen-bond donors (Lipinski definition) is 0. The van der Waals surface area contributed by atoms with Gasteiger partial charge in [0.1, 0.15) is 0 Å². The fourth-order valence-electron chi connectivity index (χ4n) is 1.84. The van der Waals surface area contributed by atoms with Crippen LogP contribution in [0.4, 0.5) is 0 Å². The summed E-state index contributed by atoms with van der Waals surface area (Å²) in [6.07, 6.45) is 2.71. The molecule has 0 radical (unpaired) electrons. The molecule has 1 saturated heterocycles. The lowest BCUT2D eigenvalue weighted by Crippen LogP contribution is -2.33. The van der Waals surface area contributed by atoms with Crippen LogP contribution in [0.25, 0.3) is 0 Å². The molecule has 3 heteroatoms. The van der Waals surface area contributed by atoms with E-state index in [4.69, 9.17) is 4.43 Å². The first kappa shape index (κ1) is 11.2. The van der Waals surface area contributed by atoms with Crippen molar-refractivity contribution in [3.05, 3.63) is 0 Å². The molecule has 1 fully saturated rings. The predicted molar refractivity (Wildman–Crippen MR) is 59.6 cm³/mol. The van der Waals surface area contributed by atoms with Gasteiger partial charge in [-0.2, -0.15) is 0 Å². The van der Waals surface area contributed by atoms with Gasteiger partial charge in [-0.05, 0) is 38.6 Å². The highest BCUT2D eigenvalue weighted by atomic mass is 28.4. The van der Waals surface area contributed by atoms with Gasteiger partial charge in [0.25, 0.3) is 0 Å². The van der Waals surface area contributed by atoms with Crippen LogP contribution >= 0.6 is 0 Å². The molecule has 0 aromatic rings. The minimum Gasteiger partial charge on any atom is -0.416 e. The molecule has 0 aromatic heterocycles. The Balaban J connectivity index is 2.38. The Morgan fingerprint density at radius 3 is 2.69 bits per heavy atom. The van der Waals surface area contributed by atoms with E-state index in [1.165, 1.54) is 32.0 Å². The summed E-state index contributed by atoms with van der Waals surface area (Å²) in [5.74, 6) is 0. The van der Waals surface area contributed by atoms with E-state index in [1.807, 2.05) is 0 Å². The molecule has 1 aliphatic heterocycles. The Kier molecular flexibility index (Phi) is 4.42. The lowest BCUT2D eigenvalue weighted by atomic mass is 10.3.